The van der Waals surface area contributed by atoms with Crippen LogP contribution in [-0.4, -0.2) is 23.3 Å². The molecule has 0 radical (unpaired) electrons. The smallest absolute Gasteiger partial charge is 0.198 e. The number of carbonyl (C=O) groups excluding carboxylic acids is 2. The predicted octanol–water partition coefficient (Wildman–Crippen LogP) is 2.00. The zero-order chi connectivity index (χ0) is 11.3. The van der Waals surface area contributed by atoms with Crippen LogP contribution in [0.5, 0.6) is 0 Å². The molecule has 0 amide bonds. The topological polar surface area (TPSA) is 46.7 Å². The predicted molar refractivity (Wildman–Crippen MR) is 57.6 cm³/mol. The van der Waals surface area contributed by atoms with Crippen LogP contribution in [0.4, 0.5) is 0 Å². The molecular weight excluding hydrogens is 204 g/mol. The lowest BCUT2D eigenvalue weighted by Crippen LogP contribution is -2.36. The summed E-state index contributed by atoms with van der Waals surface area (Å²) in [6, 6.07) is 6.98. The monoisotopic (exact) mass is 216 g/mol. The summed E-state index contributed by atoms with van der Waals surface area (Å²) in [7, 11) is 0. The average Bonchev–Trinajstić information content (AvgIpc) is 3.03. The Labute approximate surface area is 93.4 Å². The van der Waals surface area contributed by atoms with Crippen LogP contribution in [0.3, 0.4) is 0 Å². The van der Waals surface area contributed by atoms with Crippen molar-refractivity contribution in [1.82, 2.24) is 0 Å². The number of epoxide rings is 1. The Hall–Kier alpha value is -1.48. The van der Waals surface area contributed by atoms with Gasteiger partial charge in [0.15, 0.2) is 23.3 Å². The number of fused-ring (bicyclic) bond motifs is 2. The second-order valence-electron chi connectivity index (χ2n) is 4.38. The molecule has 0 aromatic heterocycles. The van der Waals surface area contributed by atoms with Crippen molar-refractivity contribution in [1.29, 1.82) is 0 Å². The first-order valence-electron chi connectivity index (χ1n) is 5.56. The third kappa shape index (κ3) is 1.01. The van der Waals surface area contributed by atoms with E-state index in [9.17, 15) is 9.59 Å². The van der Waals surface area contributed by atoms with E-state index < -0.39 is 11.7 Å². The Morgan fingerprint density at radius 2 is 1.94 bits per heavy atom. The fourth-order valence-electron chi connectivity index (χ4n) is 2.55. The van der Waals surface area contributed by atoms with Crippen LogP contribution in [0, 0.1) is 0 Å². The highest BCUT2D eigenvalue weighted by Crippen LogP contribution is 2.48. The first-order chi connectivity index (χ1) is 7.70. The molecule has 1 aromatic carbocycles. The summed E-state index contributed by atoms with van der Waals surface area (Å²) in [5.41, 5.74) is 0.219. The van der Waals surface area contributed by atoms with Gasteiger partial charge in [-0.2, -0.15) is 0 Å². The van der Waals surface area contributed by atoms with Crippen molar-refractivity contribution in [2.45, 2.75) is 31.5 Å². The summed E-state index contributed by atoms with van der Waals surface area (Å²) in [5, 5.41) is 0. The molecule has 1 saturated heterocycles. The summed E-state index contributed by atoms with van der Waals surface area (Å²) in [6.07, 6.45) is 0.962. The third-order valence-corrected chi connectivity index (χ3v) is 3.38. The van der Waals surface area contributed by atoms with Gasteiger partial charge in [0.05, 0.1) is 0 Å². The highest BCUT2D eigenvalue weighted by atomic mass is 16.6. The van der Waals surface area contributed by atoms with Gasteiger partial charge in [0, 0.05) is 11.1 Å². The van der Waals surface area contributed by atoms with Crippen molar-refractivity contribution in [2.24, 2.45) is 0 Å². The third-order valence-electron chi connectivity index (χ3n) is 3.38. The maximum atomic E-state index is 12.2. The van der Waals surface area contributed by atoms with Crippen molar-refractivity contribution in [3.8, 4) is 0 Å². The Morgan fingerprint density at radius 1 is 1.25 bits per heavy atom. The van der Waals surface area contributed by atoms with Crippen LogP contribution in [0.25, 0.3) is 0 Å². The summed E-state index contributed by atoms with van der Waals surface area (Å²) in [6.45, 7) is 1.99. The van der Waals surface area contributed by atoms with Gasteiger partial charge >= 0.3 is 0 Å². The van der Waals surface area contributed by atoms with Gasteiger partial charge in [-0.15, -0.1) is 0 Å². The van der Waals surface area contributed by atoms with Crippen LogP contribution >= 0.6 is 0 Å². The van der Waals surface area contributed by atoms with Crippen molar-refractivity contribution in [3.63, 3.8) is 0 Å². The molecule has 1 aromatic rings. The largest absolute Gasteiger partial charge is 0.349 e. The van der Waals surface area contributed by atoms with E-state index in [2.05, 4.69) is 0 Å². The highest BCUT2D eigenvalue weighted by Gasteiger charge is 2.67. The molecule has 3 rings (SSSR count). The summed E-state index contributed by atoms with van der Waals surface area (Å²) in [4.78, 5) is 24.2. The van der Waals surface area contributed by atoms with E-state index in [-0.39, 0.29) is 11.6 Å². The molecule has 0 N–H and O–H groups in total. The van der Waals surface area contributed by atoms with Crippen LogP contribution in [0.1, 0.15) is 40.5 Å². The highest BCUT2D eigenvalue weighted by molar-refractivity contribution is 6.22. The zero-order valence-electron chi connectivity index (χ0n) is 9.03. The molecule has 1 heterocycles. The molecule has 0 saturated carbocycles. The molecule has 16 heavy (non-hydrogen) atoms. The van der Waals surface area contributed by atoms with Gasteiger partial charge in [0.25, 0.3) is 0 Å². The van der Waals surface area contributed by atoms with Gasteiger partial charge < -0.3 is 4.74 Å². The van der Waals surface area contributed by atoms with Crippen LogP contribution < -0.4 is 0 Å². The van der Waals surface area contributed by atoms with Gasteiger partial charge in [0.1, 0.15) is 0 Å². The molecule has 82 valence electrons. The van der Waals surface area contributed by atoms with E-state index >= 15 is 0 Å². The minimum Gasteiger partial charge on any atom is -0.349 e. The van der Waals surface area contributed by atoms with E-state index in [1.54, 1.807) is 24.3 Å². The molecular formula is C13H12O3. The zero-order valence-corrected chi connectivity index (χ0v) is 9.03. The molecule has 2 unspecified atom stereocenters. The number of rotatable bonds is 2. The lowest BCUT2D eigenvalue weighted by molar-refractivity contribution is 0.0852. The fourth-order valence-corrected chi connectivity index (χ4v) is 2.55. The standard InChI is InChI=1S/C13H12O3/c1-2-7-13-11(15)9-6-4-3-5-8(9)10(14)12(13)16-13/h3-6,12H,2,7H2,1H3. The maximum absolute atomic E-state index is 12.2. The van der Waals surface area contributed by atoms with Gasteiger partial charge in [-0.1, -0.05) is 37.6 Å². The normalized spacial score (nSPS) is 30.9. The first-order valence-corrected chi connectivity index (χ1v) is 5.56. The number of benzene rings is 1. The van der Waals surface area contributed by atoms with Gasteiger partial charge in [-0.25, -0.2) is 0 Å². The minimum absolute atomic E-state index is 0.0189. The molecule has 2 aliphatic rings. The van der Waals surface area contributed by atoms with E-state index in [1.807, 2.05) is 6.92 Å². The molecule has 0 spiro atoms. The second-order valence-corrected chi connectivity index (χ2v) is 4.38. The Balaban J connectivity index is 2.12. The maximum Gasteiger partial charge on any atom is 0.198 e. The number of hydrogen-bond donors (Lipinski definition) is 0. The molecule has 0 bridgehead atoms. The average molecular weight is 216 g/mol. The number of ether oxygens (including phenoxy) is 1. The van der Waals surface area contributed by atoms with Gasteiger partial charge in [-0.3, -0.25) is 9.59 Å². The first kappa shape index (κ1) is 9.73. The van der Waals surface area contributed by atoms with Crippen molar-refractivity contribution in [3.05, 3.63) is 35.4 Å². The van der Waals surface area contributed by atoms with Gasteiger partial charge in [-0.05, 0) is 6.42 Å². The van der Waals surface area contributed by atoms with Gasteiger partial charge in [0.2, 0.25) is 0 Å². The summed E-state index contributed by atoms with van der Waals surface area (Å²) < 4.78 is 5.41. The fraction of sp³-hybridized carbons (Fsp3) is 0.385. The van der Waals surface area contributed by atoms with Crippen molar-refractivity contribution >= 4 is 11.6 Å². The quantitative estimate of drug-likeness (QED) is 0.710. The van der Waals surface area contributed by atoms with Crippen LogP contribution in [-0.2, 0) is 4.74 Å². The van der Waals surface area contributed by atoms with E-state index in [0.717, 1.165) is 6.42 Å². The Morgan fingerprint density at radius 3 is 2.62 bits per heavy atom. The number of hydrogen-bond acceptors (Lipinski definition) is 3. The molecule has 1 fully saturated rings. The van der Waals surface area contributed by atoms with E-state index in [1.165, 1.54) is 0 Å². The number of ketones is 2. The second kappa shape index (κ2) is 3.01. The SMILES string of the molecule is CCCC12OC1C(=O)c1ccccc1C2=O. The van der Waals surface area contributed by atoms with Crippen molar-refractivity contribution in [2.75, 3.05) is 0 Å². The lowest BCUT2D eigenvalue weighted by Gasteiger charge is -2.17. The molecule has 1 aliphatic carbocycles. The number of carbonyl (C=O) groups is 2. The summed E-state index contributed by atoms with van der Waals surface area (Å²) in [5.74, 6) is -0.0572. The Kier molecular flexibility index (Phi) is 1.83. The molecule has 3 heteroatoms. The molecule has 2 atom stereocenters. The number of Topliss-reactive ketones (excluding diaryl/α,β-unsaturated/α-hetero) is 2. The molecule has 3 nitrogen and oxygen atoms in total. The van der Waals surface area contributed by atoms with E-state index in [4.69, 9.17) is 4.74 Å². The van der Waals surface area contributed by atoms with Crippen LogP contribution in [0.15, 0.2) is 24.3 Å². The van der Waals surface area contributed by atoms with E-state index in [0.29, 0.717) is 17.5 Å². The Bertz CT molecular complexity index is 492. The van der Waals surface area contributed by atoms with Crippen LogP contribution in [0.2, 0.25) is 0 Å². The van der Waals surface area contributed by atoms with Crippen molar-refractivity contribution < 1.29 is 14.3 Å². The molecule has 1 aliphatic heterocycles. The lowest BCUT2D eigenvalue weighted by atomic mass is 9.80. The minimum atomic E-state index is -0.819. The summed E-state index contributed by atoms with van der Waals surface area (Å²) >= 11 is 0.